The van der Waals surface area contributed by atoms with Gasteiger partial charge in [-0.25, -0.2) is 4.98 Å². The fraction of sp³-hybridized carbons (Fsp3) is 0.167. The van der Waals surface area contributed by atoms with E-state index in [0.717, 1.165) is 25.6 Å². The van der Waals surface area contributed by atoms with Gasteiger partial charge in [0.2, 0.25) is 5.91 Å². The van der Waals surface area contributed by atoms with E-state index in [2.05, 4.69) is 31.5 Å². The molecule has 3 rings (SSSR count). The van der Waals surface area contributed by atoms with Gasteiger partial charge in [0.1, 0.15) is 5.01 Å². The minimum Gasteiger partial charge on any atom is -0.355 e. The van der Waals surface area contributed by atoms with Crippen LogP contribution in [0.2, 0.25) is 0 Å². The Kier molecular flexibility index (Phi) is 6.18. The lowest BCUT2D eigenvalue weighted by Gasteiger charge is -2.05. The molecule has 5 nitrogen and oxygen atoms in total. The molecule has 0 spiro atoms. The maximum Gasteiger partial charge on any atom is 0.251 e. The number of rotatable bonds is 6. The molecule has 0 saturated carbocycles. The summed E-state index contributed by atoms with van der Waals surface area (Å²) in [7, 11) is 1.59. The first-order chi connectivity index (χ1) is 12.5. The highest BCUT2D eigenvalue weighted by molar-refractivity contribution is 9.10. The van der Waals surface area contributed by atoms with Gasteiger partial charge in [0, 0.05) is 34.4 Å². The van der Waals surface area contributed by atoms with Gasteiger partial charge in [-0.05, 0) is 39.7 Å². The number of aromatic nitrogens is 1. The highest BCUT2D eigenvalue weighted by atomic mass is 79.9. The topological polar surface area (TPSA) is 71.1 Å². The van der Waals surface area contributed by atoms with Crippen molar-refractivity contribution in [2.45, 2.75) is 13.0 Å². The van der Waals surface area contributed by atoms with Gasteiger partial charge in [0.05, 0.1) is 17.0 Å². The normalized spacial score (nSPS) is 10.5. The van der Waals surface area contributed by atoms with Crippen LogP contribution in [0.4, 0.5) is 0 Å². The first-order valence-electron chi connectivity index (χ1n) is 7.81. The van der Waals surface area contributed by atoms with Crippen molar-refractivity contribution in [3.8, 4) is 9.88 Å². The second kappa shape index (κ2) is 8.57. The molecule has 0 aliphatic carbocycles. The van der Waals surface area contributed by atoms with Crippen molar-refractivity contribution < 1.29 is 9.59 Å². The average molecular weight is 450 g/mol. The van der Waals surface area contributed by atoms with Crippen molar-refractivity contribution in [2.75, 3.05) is 7.05 Å². The lowest BCUT2D eigenvalue weighted by molar-refractivity contribution is -0.120. The molecule has 2 N–H and O–H groups in total. The van der Waals surface area contributed by atoms with E-state index in [1.807, 2.05) is 29.0 Å². The van der Waals surface area contributed by atoms with Crippen molar-refractivity contribution in [2.24, 2.45) is 0 Å². The minimum atomic E-state index is -0.127. The van der Waals surface area contributed by atoms with E-state index in [-0.39, 0.29) is 18.2 Å². The Balaban J connectivity index is 1.53. The number of hydrogen-bond acceptors (Lipinski definition) is 5. The number of nitrogens with zero attached hydrogens (tertiary/aromatic N) is 1. The van der Waals surface area contributed by atoms with E-state index in [4.69, 9.17) is 0 Å². The monoisotopic (exact) mass is 449 g/mol. The van der Waals surface area contributed by atoms with Crippen LogP contribution in [0.5, 0.6) is 0 Å². The zero-order valence-electron chi connectivity index (χ0n) is 13.9. The summed E-state index contributed by atoms with van der Waals surface area (Å²) in [6, 6.07) is 9.18. The van der Waals surface area contributed by atoms with Gasteiger partial charge in [-0.1, -0.05) is 12.1 Å². The number of nitrogens with one attached hydrogen (secondary N) is 2. The third-order valence-corrected chi connectivity index (χ3v) is 6.36. The quantitative estimate of drug-likeness (QED) is 0.600. The van der Waals surface area contributed by atoms with Gasteiger partial charge in [-0.3, -0.25) is 9.59 Å². The Morgan fingerprint density at radius 2 is 1.92 bits per heavy atom. The fourth-order valence-corrected chi connectivity index (χ4v) is 4.60. The number of carbonyl (C=O) groups excluding carboxylic acids is 2. The largest absolute Gasteiger partial charge is 0.355 e. The number of thiophene rings is 1. The van der Waals surface area contributed by atoms with Crippen LogP contribution in [0, 0.1) is 0 Å². The molecule has 8 heteroatoms. The number of thiazole rings is 1. The maximum atomic E-state index is 12.1. The van der Waals surface area contributed by atoms with Crippen LogP contribution >= 0.6 is 38.6 Å². The molecule has 2 heterocycles. The molecule has 0 atom stereocenters. The van der Waals surface area contributed by atoms with Gasteiger partial charge in [-0.15, -0.1) is 22.7 Å². The third kappa shape index (κ3) is 4.78. The Hall–Kier alpha value is -2.03. The predicted molar refractivity (Wildman–Crippen MR) is 109 cm³/mol. The summed E-state index contributed by atoms with van der Waals surface area (Å²) >= 11 is 6.60. The number of amides is 2. The molecular formula is C18H16BrN3O2S2. The molecule has 0 fully saturated rings. The lowest BCUT2D eigenvalue weighted by atomic mass is 10.1. The Bertz CT molecular complexity index is 919. The standard InChI is InChI=1S/C18H16BrN3O2S2/c1-20-17(24)12-4-2-11(3-5-12)8-21-16(23)7-14-10-26-18(22-14)15-6-13(19)9-25-15/h2-6,9-10H,7-8H2,1H3,(H,20,24)(H,21,23). The van der Waals surface area contributed by atoms with Gasteiger partial charge < -0.3 is 10.6 Å². The smallest absolute Gasteiger partial charge is 0.251 e. The van der Waals surface area contributed by atoms with E-state index in [0.29, 0.717) is 12.1 Å². The van der Waals surface area contributed by atoms with Crippen LogP contribution in [0.15, 0.2) is 45.6 Å². The first kappa shape index (κ1) is 18.8. The van der Waals surface area contributed by atoms with E-state index >= 15 is 0 Å². The molecule has 3 aromatic rings. The van der Waals surface area contributed by atoms with Gasteiger partial charge in [-0.2, -0.15) is 0 Å². The number of carbonyl (C=O) groups is 2. The number of halogens is 1. The molecule has 134 valence electrons. The SMILES string of the molecule is CNC(=O)c1ccc(CNC(=O)Cc2csc(-c3cc(Br)cs3)n2)cc1. The molecule has 0 bridgehead atoms. The maximum absolute atomic E-state index is 12.1. The van der Waals surface area contributed by atoms with E-state index in [9.17, 15) is 9.59 Å². The van der Waals surface area contributed by atoms with Crippen LogP contribution in [0.25, 0.3) is 9.88 Å². The number of benzene rings is 1. The second-order valence-corrected chi connectivity index (χ2v) is 8.19. The van der Waals surface area contributed by atoms with Crippen LogP contribution in [-0.4, -0.2) is 23.8 Å². The summed E-state index contributed by atoms with van der Waals surface area (Å²) in [5.74, 6) is -0.206. The molecule has 0 aliphatic heterocycles. The molecule has 26 heavy (non-hydrogen) atoms. The van der Waals surface area contributed by atoms with Crippen LogP contribution < -0.4 is 10.6 Å². The Morgan fingerprint density at radius 1 is 1.15 bits per heavy atom. The predicted octanol–water partition coefficient (Wildman–Crippen LogP) is 3.85. The van der Waals surface area contributed by atoms with Crippen molar-refractivity contribution in [3.05, 3.63) is 62.4 Å². The van der Waals surface area contributed by atoms with Gasteiger partial charge in [0.15, 0.2) is 0 Å². The molecule has 0 aliphatic rings. The molecule has 0 unspecified atom stereocenters. The minimum absolute atomic E-state index is 0.0791. The van der Waals surface area contributed by atoms with E-state index in [1.54, 1.807) is 30.5 Å². The van der Waals surface area contributed by atoms with Crippen LogP contribution in [0.1, 0.15) is 21.6 Å². The molecule has 0 saturated heterocycles. The zero-order chi connectivity index (χ0) is 18.5. The average Bonchev–Trinajstić information content (AvgIpc) is 3.28. The van der Waals surface area contributed by atoms with Gasteiger partial charge >= 0.3 is 0 Å². The second-order valence-electron chi connectivity index (χ2n) is 5.50. The van der Waals surface area contributed by atoms with Crippen molar-refractivity contribution >= 4 is 50.4 Å². The third-order valence-electron chi connectivity index (χ3n) is 3.60. The zero-order valence-corrected chi connectivity index (χ0v) is 17.1. The first-order valence-corrected chi connectivity index (χ1v) is 10.4. The summed E-state index contributed by atoms with van der Waals surface area (Å²) in [6.45, 7) is 0.418. The van der Waals surface area contributed by atoms with Gasteiger partial charge in [0.25, 0.3) is 5.91 Å². The molecular weight excluding hydrogens is 434 g/mol. The number of hydrogen-bond donors (Lipinski definition) is 2. The summed E-state index contributed by atoms with van der Waals surface area (Å²) in [6.07, 6.45) is 0.249. The van der Waals surface area contributed by atoms with Crippen LogP contribution in [0.3, 0.4) is 0 Å². The van der Waals surface area contributed by atoms with Crippen LogP contribution in [-0.2, 0) is 17.8 Å². The lowest BCUT2D eigenvalue weighted by Crippen LogP contribution is -2.24. The van der Waals surface area contributed by atoms with E-state index in [1.165, 1.54) is 11.3 Å². The molecule has 2 aromatic heterocycles. The summed E-state index contributed by atoms with van der Waals surface area (Å²) in [5, 5.41) is 10.3. The summed E-state index contributed by atoms with van der Waals surface area (Å²) in [5.41, 5.74) is 2.30. The summed E-state index contributed by atoms with van der Waals surface area (Å²) < 4.78 is 1.04. The Morgan fingerprint density at radius 3 is 2.58 bits per heavy atom. The highest BCUT2D eigenvalue weighted by Crippen LogP contribution is 2.32. The Labute approximate surface area is 167 Å². The van der Waals surface area contributed by atoms with Crippen molar-refractivity contribution in [3.63, 3.8) is 0 Å². The highest BCUT2D eigenvalue weighted by Gasteiger charge is 2.10. The summed E-state index contributed by atoms with van der Waals surface area (Å²) in [4.78, 5) is 29.3. The van der Waals surface area contributed by atoms with Crippen molar-refractivity contribution in [1.82, 2.24) is 15.6 Å². The van der Waals surface area contributed by atoms with E-state index < -0.39 is 0 Å². The molecule has 0 radical (unpaired) electrons. The van der Waals surface area contributed by atoms with Crippen molar-refractivity contribution in [1.29, 1.82) is 0 Å². The fourth-order valence-electron chi connectivity index (χ4n) is 2.27. The molecule has 1 aromatic carbocycles. The molecule has 2 amide bonds.